The molecule has 1 aromatic carbocycles. The van der Waals surface area contributed by atoms with Crippen molar-refractivity contribution in [2.45, 2.75) is 37.0 Å². The highest BCUT2D eigenvalue weighted by molar-refractivity contribution is 7.88. The average Bonchev–Trinajstić information content (AvgIpc) is 2.78. The Bertz CT molecular complexity index is 549. The highest BCUT2D eigenvalue weighted by Gasteiger charge is 2.40. The summed E-state index contributed by atoms with van der Waals surface area (Å²) in [5, 5.41) is 7.65. The predicted octanol–water partition coefficient (Wildman–Crippen LogP) is 1.35. The molecule has 0 aromatic heterocycles. The Balaban J connectivity index is 2.14. The SMILES string of the molecule is N=C(N)C1(NS(=O)(=O)Cc2ccccc2)CCCC1. The third-order valence-corrected chi connectivity index (χ3v) is 4.94. The Kier molecular flexibility index (Phi) is 3.91. The number of benzene rings is 1. The van der Waals surface area contributed by atoms with E-state index in [4.69, 9.17) is 11.1 Å². The van der Waals surface area contributed by atoms with Crippen LogP contribution in [0.25, 0.3) is 0 Å². The van der Waals surface area contributed by atoms with E-state index in [2.05, 4.69) is 4.72 Å². The highest BCUT2D eigenvalue weighted by atomic mass is 32.2. The Labute approximate surface area is 113 Å². The molecule has 2 rings (SSSR count). The van der Waals surface area contributed by atoms with Gasteiger partial charge in [0.2, 0.25) is 10.0 Å². The van der Waals surface area contributed by atoms with Crippen molar-refractivity contribution in [3.63, 3.8) is 0 Å². The first-order valence-electron chi connectivity index (χ1n) is 6.34. The maximum absolute atomic E-state index is 12.2. The molecule has 1 aromatic rings. The molecule has 0 radical (unpaired) electrons. The summed E-state index contributed by atoms with van der Waals surface area (Å²) in [7, 11) is -3.49. The number of nitrogens with one attached hydrogen (secondary N) is 2. The first-order chi connectivity index (χ1) is 8.94. The van der Waals surface area contributed by atoms with E-state index in [1.165, 1.54) is 0 Å². The molecule has 0 atom stereocenters. The molecule has 0 unspecified atom stereocenters. The molecule has 1 fully saturated rings. The van der Waals surface area contributed by atoms with E-state index in [0.29, 0.717) is 12.8 Å². The van der Waals surface area contributed by atoms with Crippen molar-refractivity contribution in [3.05, 3.63) is 35.9 Å². The van der Waals surface area contributed by atoms with Crippen molar-refractivity contribution >= 4 is 15.9 Å². The molecule has 0 heterocycles. The summed E-state index contributed by atoms with van der Waals surface area (Å²) in [6, 6.07) is 9.00. The van der Waals surface area contributed by atoms with Crippen LogP contribution in [0.3, 0.4) is 0 Å². The van der Waals surface area contributed by atoms with Crippen LogP contribution in [0.15, 0.2) is 30.3 Å². The summed E-state index contributed by atoms with van der Waals surface area (Å²) >= 11 is 0. The zero-order chi connectivity index (χ0) is 13.9. The topological polar surface area (TPSA) is 96.0 Å². The zero-order valence-electron chi connectivity index (χ0n) is 10.7. The molecular formula is C13H19N3O2S. The molecule has 1 saturated carbocycles. The lowest BCUT2D eigenvalue weighted by atomic mass is 9.98. The highest BCUT2D eigenvalue weighted by Crippen LogP contribution is 2.30. The van der Waals surface area contributed by atoms with Gasteiger partial charge in [0.05, 0.1) is 11.3 Å². The molecule has 0 aliphatic heterocycles. The molecule has 0 amide bonds. The number of nitrogens with two attached hydrogens (primary N) is 1. The molecular weight excluding hydrogens is 262 g/mol. The van der Waals surface area contributed by atoms with E-state index < -0.39 is 15.6 Å². The van der Waals surface area contributed by atoms with E-state index in [1.807, 2.05) is 6.07 Å². The van der Waals surface area contributed by atoms with Crippen molar-refractivity contribution < 1.29 is 8.42 Å². The fraction of sp³-hybridized carbons (Fsp3) is 0.462. The van der Waals surface area contributed by atoms with Gasteiger partial charge in [0.15, 0.2) is 0 Å². The van der Waals surface area contributed by atoms with Gasteiger partial charge in [-0.25, -0.2) is 13.1 Å². The quantitative estimate of drug-likeness (QED) is 0.561. The minimum Gasteiger partial charge on any atom is -0.386 e. The number of hydrogen-bond acceptors (Lipinski definition) is 3. The van der Waals surface area contributed by atoms with Gasteiger partial charge in [-0.1, -0.05) is 43.2 Å². The van der Waals surface area contributed by atoms with Crippen LogP contribution in [-0.2, 0) is 15.8 Å². The van der Waals surface area contributed by atoms with Gasteiger partial charge >= 0.3 is 0 Å². The van der Waals surface area contributed by atoms with Crippen LogP contribution in [0.4, 0.5) is 0 Å². The van der Waals surface area contributed by atoms with Crippen LogP contribution in [-0.4, -0.2) is 19.8 Å². The van der Waals surface area contributed by atoms with Crippen molar-refractivity contribution in [1.29, 1.82) is 5.41 Å². The molecule has 4 N–H and O–H groups in total. The standard InChI is InChI=1S/C13H19N3O2S/c14-12(15)13(8-4-5-9-13)16-19(17,18)10-11-6-2-1-3-7-11/h1-3,6-7,16H,4-5,8-10H2,(H3,14,15). The zero-order valence-corrected chi connectivity index (χ0v) is 11.5. The molecule has 6 heteroatoms. The summed E-state index contributed by atoms with van der Waals surface area (Å²) in [5.41, 5.74) is 5.45. The molecule has 0 spiro atoms. The van der Waals surface area contributed by atoms with E-state index in [1.54, 1.807) is 24.3 Å². The van der Waals surface area contributed by atoms with Gasteiger partial charge in [0.1, 0.15) is 5.84 Å². The van der Waals surface area contributed by atoms with Gasteiger partial charge in [0.25, 0.3) is 0 Å². The largest absolute Gasteiger partial charge is 0.386 e. The lowest BCUT2D eigenvalue weighted by Crippen LogP contribution is -2.55. The molecule has 1 aliphatic rings. The van der Waals surface area contributed by atoms with E-state index in [0.717, 1.165) is 18.4 Å². The molecule has 0 saturated heterocycles. The Morgan fingerprint density at radius 3 is 2.37 bits per heavy atom. The third kappa shape index (κ3) is 3.33. The lowest BCUT2D eigenvalue weighted by Gasteiger charge is -2.28. The van der Waals surface area contributed by atoms with Crippen molar-refractivity contribution in [1.82, 2.24) is 4.72 Å². The number of hydrogen-bond donors (Lipinski definition) is 3. The number of amidine groups is 1. The summed E-state index contributed by atoms with van der Waals surface area (Å²) in [6.07, 6.45) is 3.01. The summed E-state index contributed by atoms with van der Waals surface area (Å²) in [6.45, 7) is 0. The van der Waals surface area contributed by atoms with Crippen LogP contribution in [0.2, 0.25) is 0 Å². The van der Waals surface area contributed by atoms with Crippen LogP contribution < -0.4 is 10.5 Å². The Morgan fingerprint density at radius 1 is 1.26 bits per heavy atom. The van der Waals surface area contributed by atoms with Gasteiger partial charge in [-0.15, -0.1) is 0 Å². The van der Waals surface area contributed by atoms with Crippen LogP contribution in [0.1, 0.15) is 31.2 Å². The van der Waals surface area contributed by atoms with Crippen molar-refractivity contribution in [3.8, 4) is 0 Å². The molecule has 0 bridgehead atoms. The van der Waals surface area contributed by atoms with Gasteiger partial charge in [0, 0.05) is 0 Å². The third-order valence-electron chi connectivity index (χ3n) is 3.52. The second kappa shape index (κ2) is 5.30. The monoisotopic (exact) mass is 281 g/mol. The maximum atomic E-state index is 12.2. The van der Waals surface area contributed by atoms with Crippen LogP contribution in [0, 0.1) is 5.41 Å². The van der Waals surface area contributed by atoms with Crippen LogP contribution in [0.5, 0.6) is 0 Å². The lowest BCUT2D eigenvalue weighted by molar-refractivity contribution is 0.496. The average molecular weight is 281 g/mol. The van der Waals surface area contributed by atoms with E-state index in [-0.39, 0.29) is 11.6 Å². The van der Waals surface area contributed by atoms with Gasteiger partial charge in [-0.3, -0.25) is 5.41 Å². The Hall–Kier alpha value is -1.40. The summed E-state index contributed by atoms with van der Waals surface area (Å²) in [4.78, 5) is 0. The predicted molar refractivity (Wildman–Crippen MR) is 75.3 cm³/mol. The Morgan fingerprint density at radius 2 is 1.84 bits per heavy atom. The first kappa shape index (κ1) is 14.0. The van der Waals surface area contributed by atoms with E-state index >= 15 is 0 Å². The fourth-order valence-corrected chi connectivity index (χ4v) is 4.15. The fourth-order valence-electron chi connectivity index (χ4n) is 2.53. The van der Waals surface area contributed by atoms with Crippen molar-refractivity contribution in [2.24, 2.45) is 5.73 Å². The second-order valence-electron chi connectivity index (χ2n) is 5.05. The minimum absolute atomic E-state index is 0.0805. The second-order valence-corrected chi connectivity index (χ2v) is 6.77. The van der Waals surface area contributed by atoms with Crippen molar-refractivity contribution in [2.75, 3.05) is 0 Å². The molecule has 19 heavy (non-hydrogen) atoms. The smallest absolute Gasteiger partial charge is 0.216 e. The van der Waals surface area contributed by atoms with Gasteiger partial charge in [-0.05, 0) is 18.4 Å². The van der Waals surface area contributed by atoms with E-state index in [9.17, 15) is 8.42 Å². The normalized spacial score (nSPS) is 18.3. The van der Waals surface area contributed by atoms with Gasteiger partial charge < -0.3 is 5.73 Å². The number of sulfonamides is 1. The summed E-state index contributed by atoms with van der Waals surface area (Å²) < 4.78 is 27.0. The number of rotatable bonds is 5. The first-order valence-corrected chi connectivity index (χ1v) is 7.99. The summed E-state index contributed by atoms with van der Waals surface area (Å²) in [5.74, 6) is -0.162. The van der Waals surface area contributed by atoms with Gasteiger partial charge in [-0.2, -0.15) is 0 Å². The molecule has 5 nitrogen and oxygen atoms in total. The van der Waals surface area contributed by atoms with Crippen LogP contribution >= 0.6 is 0 Å². The maximum Gasteiger partial charge on any atom is 0.216 e. The minimum atomic E-state index is -3.49. The molecule has 1 aliphatic carbocycles. The molecule has 104 valence electrons.